The standard InChI is InChI=1S/C20H17N3O2S3/c1-12-9-14(28-20-21-13(2)10-27-20)7-8-15(12)22-18(24)11-26-19-23-16-5-3-4-6-17(16)25-19/h3-10H,11H2,1-2H3,(H,22,24). The van der Waals surface area contributed by atoms with Crippen LogP contribution in [0.5, 0.6) is 0 Å². The van der Waals surface area contributed by atoms with Gasteiger partial charge in [-0.1, -0.05) is 35.7 Å². The highest BCUT2D eigenvalue weighted by atomic mass is 32.2. The van der Waals surface area contributed by atoms with E-state index in [1.807, 2.05) is 55.6 Å². The zero-order valence-electron chi connectivity index (χ0n) is 15.3. The van der Waals surface area contributed by atoms with E-state index >= 15 is 0 Å². The number of fused-ring (bicyclic) bond motifs is 1. The number of para-hydroxylation sites is 2. The van der Waals surface area contributed by atoms with Gasteiger partial charge in [0.1, 0.15) is 5.52 Å². The van der Waals surface area contributed by atoms with Crippen molar-refractivity contribution in [3.8, 4) is 0 Å². The number of aryl methyl sites for hydroxylation is 2. The van der Waals surface area contributed by atoms with Crippen molar-refractivity contribution in [1.29, 1.82) is 0 Å². The van der Waals surface area contributed by atoms with Crippen molar-refractivity contribution in [2.24, 2.45) is 0 Å². The van der Waals surface area contributed by atoms with Gasteiger partial charge in [0.2, 0.25) is 5.91 Å². The molecule has 2 heterocycles. The fraction of sp³-hybridized carbons (Fsp3) is 0.150. The highest BCUT2D eigenvalue weighted by Gasteiger charge is 2.11. The van der Waals surface area contributed by atoms with Crippen LogP contribution in [0.4, 0.5) is 5.69 Å². The van der Waals surface area contributed by atoms with E-state index in [1.54, 1.807) is 23.1 Å². The van der Waals surface area contributed by atoms with E-state index in [0.29, 0.717) is 5.22 Å². The monoisotopic (exact) mass is 427 g/mol. The van der Waals surface area contributed by atoms with Crippen molar-refractivity contribution in [2.75, 3.05) is 11.1 Å². The zero-order valence-corrected chi connectivity index (χ0v) is 17.7. The molecule has 0 unspecified atom stereocenters. The Kier molecular flexibility index (Phi) is 5.70. The van der Waals surface area contributed by atoms with Crippen LogP contribution in [0.25, 0.3) is 11.1 Å². The predicted octanol–water partition coefficient (Wildman–Crippen LogP) is 5.78. The van der Waals surface area contributed by atoms with E-state index in [4.69, 9.17) is 4.42 Å². The predicted molar refractivity (Wildman–Crippen MR) is 116 cm³/mol. The van der Waals surface area contributed by atoms with Crippen LogP contribution in [0.2, 0.25) is 0 Å². The number of rotatable bonds is 6. The lowest BCUT2D eigenvalue weighted by Crippen LogP contribution is -2.14. The van der Waals surface area contributed by atoms with Gasteiger partial charge in [0.05, 0.1) is 5.75 Å². The van der Waals surface area contributed by atoms with Gasteiger partial charge in [0.15, 0.2) is 9.92 Å². The number of aromatic nitrogens is 2. The number of hydrogen-bond acceptors (Lipinski definition) is 7. The summed E-state index contributed by atoms with van der Waals surface area (Å²) in [6.07, 6.45) is 0. The second-order valence-electron chi connectivity index (χ2n) is 6.12. The van der Waals surface area contributed by atoms with E-state index in [2.05, 4.69) is 21.4 Å². The molecule has 0 saturated heterocycles. The Hall–Kier alpha value is -2.29. The fourth-order valence-electron chi connectivity index (χ4n) is 2.55. The van der Waals surface area contributed by atoms with Gasteiger partial charge in [0.25, 0.3) is 5.22 Å². The maximum atomic E-state index is 12.3. The highest BCUT2D eigenvalue weighted by Crippen LogP contribution is 2.32. The molecule has 2 aromatic carbocycles. The number of carbonyl (C=O) groups is 1. The molecule has 0 radical (unpaired) electrons. The third-order valence-electron chi connectivity index (χ3n) is 3.88. The molecule has 142 valence electrons. The van der Waals surface area contributed by atoms with Crippen LogP contribution in [0.1, 0.15) is 11.3 Å². The summed E-state index contributed by atoms with van der Waals surface area (Å²) in [7, 11) is 0. The Morgan fingerprint density at radius 2 is 2.04 bits per heavy atom. The van der Waals surface area contributed by atoms with Crippen molar-refractivity contribution >= 4 is 57.6 Å². The molecule has 5 nitrogen and oxygen atoms in total. The number of thiazole rings is 1. The first-order valence-corrected chi connectivity index (χ1v) is 11.2. The molecule has 4 aromatic rings. The number of oxazole rings is 1. The van der Waals surface area contributed by atoms with Crippen LogP contribution in [-0.2, 0) is 4.79 Å². The van der Waals surface area contributed by atoms with E-state index in [-0.39, 0.29) is 11.7 Å². The molecular weight excluding hydrogens is 410 g/mol. The SMILES string of the molecule is Cc1csc(Sc2ccc(NC(=O)CSc3nc4ccccc4o3)c(C)c2)n1. The molecule has 0 aliphatic heterocycles. The first-order valence-electron chi connectivity index (χ1n) is 8.56. The lowest BCUT2D eigenvalue weighted by Gasteiger charge is -2.09. The van der Waals surface area contributed by atoms with Crippen LogP contribution in [-0.4, -0.2) is 21.6 Å². The van der Waals surface area contributed by atoms with E-state index in [9.17, 15) is 4.79 Å². The number of benzene rings is 2. The lowest BCUT2D eigenvalue weighted by atomic mass is 10.2. The third kappa shape index (κ3) is 4.57. The second-order valence-corrected chi connectivity index (χ2v) is 9.22. The Morgan fingerprint density at radius 1 is 1.18 bits per heavy atom. The first-order chi connectivity index (χ1) is 13.6. The number of amides is 1. The molecule has 0 aliphatic rings. The number of hydrogen-bond donors (Lipinski definition) is 1. The van der Waals surface area contributed by atoms with Gasteiger partial charge in [-0.25, -0.2) is 9.97 Å². The Morgan fingerprint density at radius 3 is 2.79 bits per heavy atom. The summed E-state index contributed by atoms with van der Waals surface area (Å²) in [5, 5.41) is 5.50. The topological polar surface area (TPSA) is 68.0 Å². The van der Waals surface area contributed by atoms with Crippen LogP contribution in [0.15, 0.2) is 66.7 Å². The van der Waals surface area contributed by atoms with E-state index in [0.717, 1.165) is 37.3 Å². The summed E-state index contributed by atoms with van der Waals surface area (Å²) >= 11 is 4.55. The Bertz CT molecular complexity index is 1100. The Balaban J connectivity index is 1.35. The molecular formula is C20H17N3O2S3. The molecule has 0 aliphatic carbocycles. The van der Waals surface area contributed by atoms with Gasteiger partial charge in [-0.05, 0) is 49.7 Å². The maximum absolute atomic E-state index is 12.3. The summed E-state index contributed by atoms with van der Waals surface area (Å²) in [6.45, 7) is 3.98. The molecule has 0 atom stereocenters. The minimum absolute atomic E-state index is 0.0914. The number of anilines is 1. The van der Waals surface area contributed by atoms with Crippen molar-refractivity contribution in [1.82, 2.24) is 9.97 Å². The summed E-state index contributed by atoms with van der Waals surface area (Å²) in [5.74, 6) is 0.146. The zero-order chi connectivity index (χ0) is 19.5. The van der Waals surface area contributed by atoms with Crippen molar-refractivity contribution in [2.45, 2.75) is 28.3 Å². The van der Waals surface area contributed by atoms with Crippen molar-refractivity contribution in [3.05, 3.63) is 59.1 Å². The molecule has 4 rings (SSSR count). The van der Waals surface area contributed by atoms with Gasteiger partial charge in [-0.2, -0.15) is 0 Å². The summed E-state index contributed by atoms with van der Waals surface area (Å²) in [6, 6.07) is 13.5. The first kappa shape index (κ1) is 19.0. The minimum atomic E-state index is -0.0914. The molecule has 1 amide bonds. The molecule has 2 aromatic heterocycles. The quantitative estimate of drug-likeness (QED) is 0.393. The van der Waals surface area contributed by atoms with Crippen LogP contribution in [0.3, 0.4) is 0 Å². The normalized spacial score (nSPS) is 11.1. The average Bonchev–Trinajstić information content (AvgIpc) is 3.27. The van der Waals surface area contributed by atoms with Gasteiger partial charge in [-0.3, -0.25) is 4.79 Å². The van der Waals surface area contributed by atoms with Crippen LogP contribution in [0, 0.1) is 13.8 Å². The summed E-state index contributed by atoms with van der Waals surface area (Å²) in [5.41, 5.74) is 4.38. The number of carbonyl (C=O) groups excluding carboxylic acids is 1. The fourth-order valence-corrected chi connectivity index (χ4v) is 5.09. The Labute approximate surface area is 175 Å². The average molecular weight is 428 g/mol. The van der Waals surface area contributed by atoms with Gasteiger partial charge in [-0.15, -0.1) is 11.3 Å². The molecule has 0 bridgehead atoms. The van der Waals surface area contributed by atoms with E-state index < -0.39 is 0 Å². The van der Waals surface area contributed by atoms with Crippen LogP contribution >= 0.6 is 34.9 Å². The largest absolute Gasteiger partial charge is 0.431 e. The summed E-state index contributed by atoms with van der Waals surface area (Å²) in [4.78, 5) is 22.3. The maximum Gasteiger partial charge on any atom is 0.257 e. The number of nitrogens with one attached hydrogen (secondary N) is 1. The minimum Gasteiger partial charge on any atom is -0.431 e. The third-order valence-corrected chi connectivity index (χ3v) is 6.75. The lowest BCUT2D eigenvalue weighted by molar-refractivity contribution is -0.113. The van der Waals surface area contributed by atoms with Gasteiger partial charge >= 0.3 is 0 Å². The smallest absolute Gasteiger partial charge is 0.257 e. The summed E-state index contributed by atoms with van der Waals surface area (Å²) < 4.78 is 6.65. The van der Waals surface area contributed by atoms with Crippen molar-refractivity contribution in [3.63, 3.8) is 0 Å². The van der Waals surface area contributed by atoms with Crippen LogP contribution < -0.4 is 5.32 Å². The van der Waals surface area contributed by atoms with E-state index in [1.165, 1.54) is 11.8 Å². The number of thioether (sulfide) groups is 1. The van der Waals surface area contributed by atoms with Crippen molar-refractivity contribution < 1.29 is 9.21 Å². The van der Waals surface area contributed by atoms with Gasteiger partial charge in [0, 0.05) is 21.7 Å². The van der Waals surface area contributed by atoms with Gasteiger partial charge < -0.3 is 9.73 Å². The second kappa shape index (κ2) is 8.38. The molecule has 8 heteroatoms. The molecule has 0 spiro atoms. The highest BCUT2D eigenvalue weighted by molar-refractivity contribution is 8.01. The number of nitrogens with zero attached hydrogens (tertiary/aromatic N) is 2. The molecule has 28 heavy (non-hydrogen) atoms. The molecule has 0 fully saturated rings. The molecule has 0 saturated carbocycles. The molecule has 1 N–H and O–H groups in total.